The van der Waals surface area contributed by atoms with Crippen LogP contribution >= 0.6 is 0 Å². The van der Waals surface area contributed by atoms with Crippen molar-refractivity contribution in [3.63, 3.8) is 0 Å². The summed E-state index contributed by atoms with van der Waals surface area (Å²) < 4.78 is 10.5. The van der Waals surface area contributed by atoms with Gasteiger partial charge in [-0.1, -0.05) is 50.2 Å². The van der Waals surface area contributed by atoms with Crippen LogP contribution in [0.4, 0.5) is 15.3 Å². The summed E-state index contributed by atoms with van der Waals surface area (Å²) in [5.41, 5.74) is 1.32. The second-order valence-corrected chi connectivity index (χ2v) is 6.93. The summed E-state index contributed by atoms with van der Waals surface area (Å²) in [6.07, 6.45) is -1.23. The SMILES string of the molecule is CC(C)COC(=O)Nc1cccc(OC(=O)N(Cc2ccccc2)C(C)C#N)c1. The van der Waals surface area contributed by atoms with Crippen LogP contribution in [0, 0.1) is 17.2 Å². The van der Waals surface area contributed by atoms with Crippen LogP contribution in [-0.2, 0) is 11.3 Å². The quantitative estimate of drug-likeness (QED) is 0.727. The van der Waals surface area contributed by atoms with Crippen molar-refractivity contribution < 1.29 is 19.1 Å². The highest BCUT2D eigenvalue weighted by Crippen LogP contribution is 2.20. The van der Waals surface area contributed by atoms with E-state index in [9.17, 15) is 14.9 Å². The molecule has 2 aromatic carbocycles. The van der Waals surface area contributed by atoms with Gasteiger partial charge in [0.2, 0.25) is 0 Å². The second-order valence-electron chi connectivity index (χ2n) is 6.93. The number of nitrogens with zero attached hydrogens (tertiary/aromatic N) is 2. The Kier molecular flexibility index (Phi) is 8.04. The van der Waals surface area contributed by atoms with E-state index in [1.165, 1.54) is 11.0 Å². The molecule has 0 aliphatic rings. The van der Waals surface area contributed by atoms with Crippen molar-refractivity contribution in [3.8, 4) is 11.8 Å². The van der Waals surface area contributed by atoms with E-state index in [1.807, 2.05) is 44.2 Å². The van der Waals surface area contributed by atoms with Crippen LogP contribution in [0.2, 0.25) is 0 Å². The molecule has 0 spiro atoms. The van der Waals surface area contributed by atoms with Crippen molar-refractivity contribution in [2.24, 2.45) is 5.92 Å². The molecule has 2 amide bonds. The van der Waals surface area contributed by atoms with Crippen molar-refractivity contribution >= 4 is 17.9 Å². The molecule has 0 aliphatic carbocycles. The van der Waals surface area contributed by atoms with Crippen LogP contribution < -0.4 is 10.1 Å². The van der Waals surface area contributed by atoms with Gasteiger partial charge in [0.1, 0.15) is 11.8 Å². The number of carbonyl (C=O) groups excluding carboxylic acids is 2. The third-order valence-corrected chi connectivity index (χ3v) is 3.92. The average molecular weight is 395 g/mol. The molecule has 0 aliphatic heterocycles. The van der Waals surface area contributed by atoms with Gasteiger partial charge in [-0.2, -0.15) is 5.26 Å². The molecule has 2 rings (SSSR count). The number of amides is 2. The topological polar surface area (TPSA) is 91.7 Å². The zero-order chi connectivity index (χ0) is 21.2. The number of hydrogen-bond acceptors (Lipinski definition) is 5. The normalized spacial score (nSPS) is 11.3. The van der Waals surface area contributed by atoms with Crippen LogP contribution in [0.25, 0.3) is 0 Å². The summed E-state index contributed by atoms with van der Waals surface area (Å²) in [5.74, 6) is 0.477. The predicted molar refractivity (Wildman–Crippen MR) is 109 cm³/mol. The van der Waals surface area contributed by atoms with Crippen LogP contribution in [0.3, 0.4) is 0 Å². The minimum atomic E-state index is -0.671. The lowest BCUT2D eigenvalue weighted by Crippen LogP contribution is -2.39. The third kappa shape index (κ3) is 7.18. The molecule has 0 fully saturated rings. The lowest BCUT2D eigenvalue weighted by atomic mass is 10.2. The second kappa shape index (κ2) is 10.7. The number of ether oxygens (including phenoxy) is 2. The highest BCUT2D eigenvalue weighted by atomic mass is 16.6. The Balaban J connectivity index is 2.05. The van der Waals surface area contributed by atoms with E-state index in [0.717, 1.165) is 5.56 Å². The van der Waals surface area contributed by atoms with E-state index in [0.29, 0.717) is 12.3 Å². The van der Waals surface area contributed by atoms with Crippen molar-refractivity contribution in [3.05, 3.63) is 60.2 Å². The smallest absolute Gasteiger partial charge is 0.416 e. The molecule has 0 saturated carbocycles. The molecule has 7 nitrogen and oxygen atoms in total. The summed E-state index contributed by atoms with van der Waals surface area (Å²) in [7, 11) is 0. The number of rotatable bonds is 7. The van der Waals surface area contributed by atoms with Gasteiger partial charge in [0.25, 0.3) is 0 Å². The van der Waals surface area contributed by atoms with Crippen LogP contribution in [0.15, 0.2) is 54.6 Å². The number of hydrogen-bond donors (Lipinski definition) is 1. The number of anilines is 1. The van der Waals surface area contributed by atoms with Crippen LogP contribution in [-0.4, -0.2) is 29.7 Å². The Labute approximate surface area is 170 Å². The molecule has 2 aromatic rings. The zero-order valence-corrected chi connectivity index (χ0v) is 16.8. The number of carbonyl (C=O) groups is 2. The van der Waals surface area contributed by atoms with Gasteiger partial charge < -0.3 is 9.47 Å². The van der Waals surface area contributed by atoms with Gasteiger partial charge in [-0.25, -0.2) is 9.59 Å². The first-order chi connectivity index (χ1) is 13.9. The number of nitrogens with one attached hydrogen (secondary N) is 1. The molecule has 7 heteroatoms. The van der Waals surface area contributed by atoms with Gasteiger partial charge in [-0.3, -0.25) is 10.2 Å². The molecule has 1 unspecified atom stereocenters. The molecule has 0 aromatic heterocycles. The molecule has 152 valence electrons. The lowest BCUT2D eigenvalue weighted by molar-refractivity contribution is 0.142. The summed E-state index contributed by atoms with van der Waals surface area (Å²) in [6, 6.07) is 17.2. The molecule has 1 atom stereocenters. The van der Waals surface area contributed by atoms with E-state index in [1.54, 1.807) is 25.1 Å². The highest BCUT2D eigenvalue weighted by molar-refractivity contribution is 5.85. The first-order valence-corrected chi connectivity index (χ1v) is 9.35. The van der Waals surface area contributed by atoms with E-state index >= 15 is 0 Å². The fourth-order valence-corrected chi connectivity index (χ4v) is 2.40. The summed E-state index contributed by atoms with van der Waals surface area (Å²) in [6.45, 7) is 6.06. The maximum atomic E-state index is 12.7. The molecule has 1 N–H and O–H groups in total. The number of benzene rings is 2. The minimum absolute atomic E-state index is 0.228. The molecule has 0 saturated heterocycles. The van der Waals surface area contributed by atoms with E-state index < -0.39 is 18.2 Å². The molecular weight excluding hydrogens is 370 g/mol. The van der Waals surface area contributed by atoms with Crippen LogP contribution in [0.5, 0.6) is 5.75 Å². The summed E-state index contributed by atoms with van der Waals surface area (Å²) in [5, 5.41) is 11.9. The molecule has 0 heterocycles. The van der Waals surface area contributed by atoms with E-state index in [4.69, 9.17) is 9.47 Å². The average Bonchev–Trinajstić information content (AvgIpc) is 2.71. The van der Waals surface area contributed by atoms with Crippen molar-refractivity contribution in [2.45, 2.75) is 33.4 Å². The lowest BCUT2D eigenvalue weighted by Gasteiger charge is -2.24. The Morgan fingerprint density at radius 3 is 2.48 bits per heavy atom. The van der Waals surface area contributed by atoms with Crippen molar-refractivity contribution in [1.29, 1.82) is 5.26 Å². The third-order valence-electron chi connectivity index (χ3n) is 3.92. The van der Waals surface area contributed by atoms with Crippen LogP contribution in [0.1, 0.15) is 26.3 Å². The monoisotopic (exact) mass is 395 g/mol. The maximum absolute atomic E-state index is 12.7. The molecule has 29 heavy (non-hydrogen) atoms. The first-order valence-electron chi connectivity index (χ1n) is 9.35. The first kappa shape index (κ1) is 21.8. The molecule has 0 bridgehead atoms. The standard InChI is InChI=1S/C22H25N3O4/c1-16(2)15-28-21(26)24-19-10-7-11-20(12-19)29-22(27)25(17(3)13-23)14-18-8-5-4-6-9-18/h4-12,16-17H,14-15H2,1-3H3,(H,24,26). The minimum Gasteiger partial charge on any atom is -0.449 e. The summed E-state index contributed by atoms with van der Waals surface area (Å²) >= 11 is 0. The fourth-order valence-electron chi connectivity index (χ4n) is 2.40. The zero-order valence-electron chi connectivity index (χ0n) is 16.8. The largest absolute Gasteiger partial charge is 0.449 e. The van der Waals surface area contributed by atoms with Gasteiger partial charge >= 0.3 is 12.2 Å². The molecular formula is C22H25N3O4. The van der Waals surface area contributed by atoms with E-state index in [-0.39, 0.29) is 18.2 Å². The maximum Gasteiger partial charge on any atom is 0.416 e. The fraction of sp³-hybridized carbons (Fsp3) is 0.318. The van der Waals surface area contributed by atoms with Gasteiger partial charge in [-0.05, 0) is 30.5 Å². The Morgan fingerprint density at radius 1 is 1.10 bits per heavy atom. The highest BCUT2D eigenvalue weighted by Gasteiger charge is 2.22. The Hall–Kier alpha value is -3.53. The predicted octanol–water partition coefficient (Wildman–Crippen LogP) is 4.80. The van der Waals surface area contributed by atoms with Crippen molar-refractivity contribution in [2.75, 3.05) is 11.9 Å². The Bertz CT molecular complexity index is 862. The molecule has 0 radical (unpaired) electrons. The van der Waals surface area contributed by atoms with Gasteiger partial charge in [0.05, 0.1) is 19.2 Å². The Morgan fingerprint density at radius 2 is 1.83 bits per heavy atom. The summed E-state index contributed by atoms with van der Waals surface area (Å²) in [4.78, 5) is 25.8. The van der Waals surface area contributed by atoms with Gasteiger partial charge in [0, 0.05) is 11.8 Å². The number of nitriles is 1. The van der Waals surface area contributed by atoms with E-state index in [2.05, 4.69) is 11.4 Å². The van der Waals surface area contributed by atoms with Gasteiger partial charge in [-0.15, -0.1) is 0 Å². The van der Waals surface area contributed by atoms with Gasteiger partial charge in [0.15, 0.2) is 0 Å². The van der Waals surface area contributed by atoms with Crippen molar-refractivity contribution in [1.82, 2.24) is 4.90 Å².